The van der Waals surface area contributed by atoms with E-state index in [1.54, 1.807) is 6.07 Å². The van der Waals surface area contributed by atoms with E-state index < -0.39 is 0 Å². The van der Waals surface area contributed by atoms with Crippen LogP contribution in [-0.2, 0) is 19.4 Å². The Hall–Kier alpha value is -2.76. The lowest BCUT2D eigenvalue weighted by molar-refractivity contribution is 0.240. The summed E-state index contributed by atoms with van der Waals surface area (Å²) in [6.45, 7) is 7.75. The smallest absolute Gasteiger partial charge is 0.128 e. The third kappa shape index (κ3) is 6.38. The van der Waals surface area contributed by atoms with Gasteiger partial charge < -0.3 is 10.4 Å². The highest BCUT2D eigenvalue weighted by Gasteiger charge is 2.17. The lowest BCUT2D eigenvalue weighted by Crippen LogP contribution is -2.30. The average molecular weight is 431 g/mol. The summed E-state index contributed by atoms with van der Waals surface area (Å²) in [5, 5.41) is 13.1. The minimum absolute atomic E-state index is 0.321. The lowest BCUT2D eigenvalue weighted by Gasteiger charge is -2.24. The molecule has 0 unspecified atom stereocenters. The topological polar surface area (TPSA) is 61.3 Å². The molecule has 1 aliphatic rings. The van der Waals surface area contributed by atoms with Crippen LogP contribution >= 0.6 is 0 Å². The van der Waals surface area contributed by atoms with E-state index >= 15 is 0 Å². The molecule has 5 heteroatoms. The molecule has 1 fully saturated rings. The van der Waals surface area contributed by atoms with Crippen LogP contribution in [0, 0.1) is 5.92 Å². The van der Waals surface area contributed by atoms with Crippen LogP contribution in [0.2, 0.25) is 0 Å². The first-order valence-corrected chi connectivity index (χ1v) is 11.8. The molecule has 0 spiro atoms. The third-order valence-corrected chi connectivity index (χ3v) is 6.24. The number of hydrogen-bond donors (Lipinski definition) is 2. The monoisotopic (exact) mass is 430 g/mol. The van der Waals surface area contributed by atoms with Crippen molar-refractivity contribution in [1.29, 1.82) is 0 Å². The second-order valence-corrected chi connectivity index (χ2v) is 8.77. The maximum atomic E-state index is 9.62. The first-order valence-electron chi connectivity index (χ1n) is 11.8. The number of phenolic OH excluding ortho intramolecular Hbond substituents is 1. The fourth-order valence-corrected chi connectivity index (χ4v) is 4.47. The van der Waals surface area contributed by atoms with E-state index in [0.29, 0.717) is 5.75 Å². The molecule has 2 aromatic carbocycles. The molecule has 32 heavy (non-hydrogen) atoms. The third-order valence-electron chi connectivity index (χ3n) is 6.24. The van der Waals surface area contributed by atoms with E-state index in [4.69, 9.17) is 4.98 Å². The summed E-state index contributed by atoms with van der Waals surface area (Å²) in [4.78, 5) is 11.9. The predicted molar refractivity (Wildman–Crippen MR) is 130 cm³/mol. The Kier molecular flexibility index (Phi) is 7.86. The maximum Gasteiger partial charge on any atom is 0.128 e. The Morgan fingerprint density at radius 3 is 2.75 bits per heavy atom. The Balaban J connectivity index is 1.37. The molecule has 2 N–H and O–H groups in total. The van der Waals surface area contributed by atoms with E-state index in [9.17, 15) is 5.11 Å². The molecule has 1 aromatic heterocycles. The summed E-state index contributed by atoms with van der Waals surface area (Å²) in [5.41, 5.74) is 4.61. The van der Waals surface area contributed by atoms with Gasteiger partial charge in [0.1, 0.15) is 11.6 Å². The highest BCUT2D eigenvalue weighted by atomic mass is 16.3. The Bertz CT molecular complexity index is 1000. The zero-order valence-electron chi connectivity index (χ0n) is 19.0. The Morgan fingerprint density at radius 1 is 1.06 bits per heavy atom. The fraction of sp³-hybridized carbons (Fsp3) is 0.407. The molecule has 3 aromatic rings. The molecular formula is C27H34N4O. The highest BCUT2D eigenvalue weighted by molar-refractivity contribution is 5.59. The number of aryl methyl sites for hydroxylation is 2. The lowest BCUT2D eigenvalue weighted by atomic mass is 10.1. The SMILES string of the molecule is CCN(Cc1cccc(-c2ccnc(CCCc3cccc(O)c3)n2)c1)C[C@@H]1CCNC1. The van der Waals surface area contributed by atoms with Crippen LogP contribution in [0.4, 0.5) is 0 Å². The summed E-state index contributed by atoms with van der Waals surface area (Å²) < 4.78 is 0. The van der Waals surface area contributed by atoms with Gasteiger partial charge >= 0.3 is 0 Å². The minimum Gasteiger partial charge on any atom is -0.508 e. The molecule has 0 amide bonds. The minimum atomic E-state index is 0.321. The fourth-order valence-electron chi connectivity index (χ4n) is 4.47. The van der Waals surface area contributed by atoms with Crippen LogP contribution in [-0.4, -0.2) is 46.2 Å². The molecule has 0 saturated carbocycles. The van der Waals surface area contributed by atoms with Crippen molar-refractivity contribution in [2.45, 2.75) is 39.2 Å². The molecule has 0 bridgehead atoms. The van der Waals surface area contributed by atoms with Gasteiger partial charge in [-0.2, -0.15) is 0 Å². The van der Waals surface area contributed by atoms with Crippen molar-refractivity contribution in [2.75, 3.05) is 26.2 Å². The Morgan fingerprint density at radius 2 is 1.94 bits per heavy atom. The highest BCUT2D eigenvalue weighted by Crippen LogP contribution is 2.21. The molecule has 1 saturated heterocycles. The van der Waals surface area contributed by atoms with Crippen LogP contribution < -0.4 is 5.32 Å². The number of rotatable bonds is 10. The van der Waals surface area contributed by atoms with E-state index in [1.807, 2.05) is 30.5 Å². The number of nitrogens with zero attached hydrogens (tertiary/aromatic N) is 3. The maximum absolute atomic E-state index is 9.62. The molecule has 5 nitrogen and oxygen atoms in total. The largest absolute Gasteiger partial charge is 0.508 e. The molecule has 2 heterocycles. The number of aromatic hydroxyl groups is 1. The quantitative estimate of drug-likeness (QED) is 0.497. The van der Waals surface area contributed by atoms with Gasteiger partial charge in [-0.1, -0.05) is 37.3 Å². The van der Waals surface area contributed by atoms with Crippen molar-refractivity contribution in [3.8, 4) is 17.0 Å². The predicted octanol–water partition coefficient (Wildman–Crippen LogP) is 4.46. The van der Waals surface area contributed by atoms with E-state index in [0.717, 1.165) is 80.5 Å². The molecule has 0 aliphatic carbocycles. The van der Waals surface area contributed by atoms with Crippen molar-refractivity contribution < 1.29 is 5.11 Å². The average Bonchev–Trinajstić information content (AvgIpc) is 3.32. The van der Waals surface area contributed by atoms with Crippen LogP contribution in [0.5, 0.6) is 5.75 Å². The van der Waals surface area contributed by atoms with Crippen LogP contribution in [0.1, 0.15) is 36.7 Å². The molecule has 1 aliphatic heterocycles. The van der Waals surface area contributed by atoms with Crippen LogP contribution in [0.15, 0.2) is 60.8 Å². The van der Waals surface area contributed by atoms with Gasteiger partial charge in [0.2, 0.25) is 0 Å². The normalized spacial score (nSPS) is 16.0. The van der Waals surface area contributed by atoms with Gasteiger partial charge in [0.05, 0.1) is 5.69 Å². The van der Waals surface area contributed by atoms with Gasteiger partial charge in [0.25, 0.3) is 0 Å². The zero-order valence-corrected chi connectivity index (χ0v) is 19.0. The molecule has 0 radical (unpaired) electrons. The molecule has 168 valence electrons. The first-order chi connectivity index (χ1) is 15.7. The summed E-state index contributed by atoms with van der Waals surface area (Å²) in [7, 11) is 0. The van der Waals surface area contributed by atoms with Gasteiger partial charge in [-0.05, 0) is 80.2 Å². The number of nitrogens with one attached hydrogen (secondary N) is 1. The summed E-state index contributed by atoms with van der Waals surface area (Å²) in [6, 6.07) is 18.2. The number of benzene rings is 2. The standard InChI is InChI=1S/C27H34N4O/c1-2-31(20-23-12-14-28-18-23)19-22-8-3-9-24(16-22)26-13-15-29-27(30-26)11-5-7-21-6-4-10-25(32)17-21/h3-4,6,8-10,13,15-17,23,28,32H,2,5,7,11-12,14,18-20H2,1H3/t23-/m1/s1. The van der Waals surface area contributed by atoms with Crippen molar-refractivity contribution in [1.82, 2.24) is 20.2 Å². The molecule has 1 atom stereocenters. The zero-order chi connectivity index (χ0) is 22.2. The van der Waals surface area contributed by atoms with Gasteiger partial charge in [-0.3, -0.25) is 4.90 Å². The molecular weight excluding hydrogens is 396 g/mol. The van der Waals surface area contributed by atoms with Crippen LogP contribution in [0.25, 0.3) is 11.3 Å². The first kappa shape index (κ1) is 22.4. The second-order valence-electron chi connectivity index (χ2n) is 8.77. The number of aromatic nitrogens is 2. The molecule has 4 rings (SSSR count). The summed E-state index contributed by atoms with van der Waals surface area (Å²) >= 11 is 0. The number of phenols is 1. The number of hydrogen-bond acceptors (Lipinski definition) is 5. The second kappa shape index (κ2) is 11.2. The van der Waals surface area contributed by atoms with E-state index in [1.165, 1.54) is 12.0 Å². The van der Waals surface area contributed by atoms with Crippen molar-refractivity contribution in [3.05, 3.63) is 77.7 Å². The Labute approximate surface area is 191 Å². The van der Waals surface area contributed by atoms with Crippen molar-refractivity contribution >= 4 is 0 Å². The van der Waals surface area contributed by atoms with Gasteiger partial charge in [0.15, 0.2) is 0 Å². The van der Waals surface area contributed by atoms with Crippen molar-refractivity contribution in [2.24, 2.45) is 5.92 Å². The van der Waals surface area contributed by atoms with E-state index in [-0.39, 0.29) is 0 Å². The summed E-state index contributed by atoms with van der Waals surface area (Å²) in [5.74, 6) is 1.96. The van der Waals surface area contributed by atoms with Gasteiger partial charge in [-0.15, -0.1) is 0 Å². The summed E-state index contributed by atoms with van der Waals surface area (Å²) in [6.07, 6.45) is 5.83. The van der Waals surface area contributed by atoms with Gasteiger partial charge in [0, 0.05) is 31.3 Å². The van der Waals surface area contributed by atoms with Gasteiger partial charge in [-0.25, -0.2) is 9.97 Å². The van der Waals surface area contributed by atoms with E-state index in [2.05, 4.69) is 46.4 Å². The van der Waals surface area contributed by atoms with Crippen molar-refractivity contribution in [3.63, 3.8) is 0 Å². The van der Waals surface area contributed by atoms with Crippen LogP contribution in [0.3, 0.4) is 0 Å².